The summed E-state index contributed by atoms with van der Waals surface area (Å²) in [6.45, 7) is 5.70. The van der Waals surface area contributed by atoms with Crippen molar-refractivity contribution in [1.29, 1.82) is 0 Å². The van der Waals surface area contributed by atoms with Crippen LogP contribution in [0, 0.1) is 0 Å². The molecule has 1 aliphatic heterocycles. The fraction of sp³-hybridized carbons (Fsp3) is 0.750. The summed E-state index contributed by atoms with van der Waals surface area (Å²) in [5.41, 5.74) is 0. The lowest BCUT2D eigenvalue weighted by molar-refractivity contribution is 0.0165. The molecule has 2 rings (SSSR count). The molecule has 0 aliphatic carbocycles. The number of nitrogens with one attached hydrogen (secondary N) is 1. The van der Waals surface area contributed by atoms with E-state index in [1.807, 2.05) is 12.1 Å². The first-order valence-corrected chi connectivity index (χ1v) is 7.79. The first-order valence-electron chi connectivity index (χ1n) is 7.79. The third-order valence-corrected chi connectivity index (χ3v) is 3.69. The van der Waals surface area contributed by atoms with Crippen molar-refractivity contribution in [1.82, 2.24) is 5.32 Å². The zero-order chi connectivity index (χ0) is 14.0. The Morgan fingerprint density at radius 3 is 3.20 bits per heavy atom. The van der Waals surface area contributed by atoms with Gasteiger partial charge in [0.05, 0.1) is 19.0 Å². The van der Waals surface area contributed by atoms with E-state index in [1.54, 1.807) is 6.26 Å². The summed E-state index contributed by atoms with van der Waals surface area (Å²) in [5.74, 6) is 1.07. The maximum absolute atomic E-state index is 5.64. The van der Waals surface area contributed by atoms with Gasteiger partial charge in [-0.3, -0.25) is 0 Å². The Kier molecular flexibility index (Phi) is 7.12. The first kappa shape index (κ1) is 15.5. The van der Waals surface area contributed by atoms with E-state index in [0.29, 0.717) is 12.1 Å². The van der Waals surface area contributed by atoms with E-state index in [2.05, 4.69) is 12.2 Å². The molecule has 0 amide bonds. The fourth-order valence-electron chi connectivity index (χ4n) is 2.43. The lowest BCUT2D eigenvalue weighted by atomic mass is 10.1. The average molecular weight is 281 g/mol. The van der Waals surface area contributed by atoms with Crippen LogP contribution in [0.2, 0.25) is 0 Å². The lowest BCUT2D eigenvalue weighted by Gasteiger charge is -2.14. The van der Waals surface area contributed by atoms with Crippen molar-refractivity contribution >= 4 is 0 Å². The summed E-state index contributed by atoms with van der Waals surface area (Å²) in [4.78, 5) is 0. The molecule has 1 aromatic heterocycles. The predicted molar refractivity (Wildman–Crippen MR) is 78.9 cm³/mol. The maximum atomic E-state index is 5.64. The smallest absolute Gasteiger partial charge is 0.103 e. The van der Waals surface area contributed by atoms with E-state index in [1.165, 1.54) is 6.42 Å². The molecule has 2 atom stereocenters. The minimum Gasteiger partial charge on any atom is -0.469 e. The third kappa shape index (κ3) is 6.07. The monoisotopic (exact) mass is 281 g/mol. The number of furan rings is 1. The topological polar surface area (TPSA) is 43.6 Å². The molecule has 20 heavy (non-hydrogen) atoms. The second-order valence-electron chi connectivity index (χ2n) is 5.54. The highest BCUT2D eigenvalue weighted by molar-refractivity contribution is 4.98. The van der Waals surface area contributed by atoms with Gasteiger partial charge in [-0.15, -0.1) is 0 Å². The molecule has 114 valence electrons. The van der Waals surface area contributed by atoms with Gasteiger partial charge < -0.3 is 19.2 Å². The molecule has 1 saturated heterocycles. The minimum absolute atomic E-state index is 0.343. The van der Waals surface area contributed by atoms with Crippen LogP contribution in [-0.2, 0) is 15.9 Å². The number of hydrogen-bond donors (Lipinski definition) is 1. The largest absolute Gasteiger partial charge is 0.469 e. The van der Waals surface area contributed by atoms with Gasteiger partial charge in [0.2, 0.25) is 0 Å². The van der Waals surface area contributed by atoms with E-state index in [4.69, 9.17) is 13.9 Å². The second kappa shape index (κ2) is 9.16. The first-order chi connectivity index (χ1) is 9.84. The molecule has 2 unspecified atom stereocenters. The number of hydrogen-bond acceptors (Lipinski definition) is 4. The minimum atomic E-state index is 0.343. The van der Waals surface area contributed by atoms with Crippen LogP contribution in [0.15, 0.2) is 22.8 Å². The molecule has 4 nitrogen and oxygen atoms in total. The van der Waals surface area contributed by atoms with Crippen molar-refractivity contribution in [3.63, 3.8) is 0 Å². The predicted octanol–water partition coefficient (Wildman–Crippen LogP) is 2.78. The number of rotatable bonds is 10. The summed E-state index contributed by atoms with van der Waals surface area (Å²) in [7, 11) is 0. The molecule has 0 radical (unpaired) electrons. The Morgan fingerprint density at radius 1 is 1.50 bits per heavy atom. The maximum Gasteiger partial charge on any atom is 0.103 e. The molecule has 1 fully saturated rings. The van der Waals surface area contributed by atoms with Gasteiger partial charge in [0.25, 0.3) is 0 Å². The van der Waals surface area contributed by atoms with Gasteiger partial charge in [0.1, 0.15) is 5.76 Å². The number of aryl methyl sites for hydroxylation is 1. The van der Waals surface area contributed by atoms with Gasteiger partial charge in [-0.1, -0.05) is 0 Å². The zero-order valence-electron chi connectivity index (χ0n) is 12.5. The van der Waals surface area contributed by atoms with Gasteiger partial charge in [-0.25, -0.2) is 0 Å². The molecule has 0 saturated carbocycles. The Balaban J connectivity index is 1.40. The molecular formula is C16H27NO3. The van der Waals surface area contributed by atoms with Crippen LogP contribution < -0.4 is 5.32 Å². The summed E-state index contributed by atoms with van der Waals surface area (Å²) in [6.07, 6.45) is 7.57. The number of ether oxygens (including phenoxy) is 2. The van der Waals surface area contributed by atoms with Gasteiger partial charge in [0.15, 0.2) is 0 Å². The van der Waals surface area contributed by atoms with Gasteiger partial charge in [0, 0.05) is 25.7 Å². The summed E-state index contributed by atoms with van der Waals surface area (Å²) in [5, 5.41) is 3.52. The highest BCUT2D eigenvalue weighted by Crippen LogP contribution is 2.11. The fourth-order valence-corrected chi connectivity index (χ4v) is 2.43. The van der Waals surface area contributed by atoms with Crippen LogP contribution in [-0.4, -0.2) is 38.5 Å². The van der Waals surface area contributed by atoms with Crippen LogP contribution in [0.4, 0.5) is 0 Å². The summed E-state index contributed by atoms with van der Waals surface area (Å²) >= 11 is 0. The van der Waals surface area contributed by atoms with Gasteiger partial charge >= 0.3 is 0 Å². The average Bonchev–Trinajstić information content (AvgIpc) is 3.13. The van der Waals surface area contributed by atoms with Gasteiger partial charge in [-0.05, 0) is 51.3 Å². The Hall–Kier alpha value is -0.840. The molecule has 0 bridgehead atoms. The second-order valence-corrected chi connectivity index (χ2v) is 5.54. The van der Waals surface area contributed by atoms with Crippen LogP contribution >= 0.6 is 0 Å². The van der Waals surface area contributed by atoms with E-state index >= 15 is 0 Å². The lowest BCUT2D eigenvalue weighted by Crippen LogP contribution is -2.28. The van der Waals surface area contributed by atoms with E-state index in [-0.39, 0.29) is 0 Å². The van der Waals surface area contributed by atoms with E-state index in [9.17, 15) is 0 Å². The quantitative estimate of drug-likeness (QED) is 0.670. The standard InChI is InChI=1S/C16H27NO3/c1-14(7-8-15-5-2-11-19-15)17-9-4-10-18-13-16-6-3-12-20-16/h2,5,11,14,16-17H,3-4,6-10,12-13H2,1H3. The SMILES string of the molecule is CC(CCc1ccco1)NCCCOCC1CCCO1. The summed E-state index contributed by atoms with van der Waals surface area (Å²) in [6, 6.07) is 4.49. The zero-order valence-corrected chi connectivity index (χ0v) is 12.5. The van der Waals surface area contributed by atoms with Crippen molar-refractivity contribution in [3.8, 4) is 0 Å². The van der Waals surface area contributed by atoms with Gasteiger partial charge in [-0.2, -0.15) is 0 Å². The van der Waals surface area contributed by atoms with Crippen LogP contribution in [0.5, 0.6) is 0 Å². The van der Waals surface area contributed by atoms with Crippen molar-refractivity contribution in [2.24, 2.45) is 0 Å². The Morgan fingerprint density at radius 2 is 2.45 bits per heavy atom. The van der Waals surface area contributed by atoms with Crippen LogP contribution in [0.1, 0.15) is 38.4 Å². The Labute approximate surface area is 121 Å². The normalized spacial score (nSPS) is 20.4. The van der Waals surface area contributed by atoms with E-state index < -0.39 is 0 Å². The van der Waals surface area contributed by atoms with E-state index in [0.717, 1.165) is 57.8 Å². The van der Waals surface area contributed by atoms with Crippen LogP contribution in [0.25, 0.3) is 0 Å². The molecule has 2 heterocycles. The highest BCUT2D eigenvalue weighted by Gasteiger charge is 2.14. The van der Waals surface area contributed by atoms with Crippen molar-refractivity contribution < 1.29 is 13.9 Å². The summed E-state index contributed by atoms with van der Waals surface area (Å²) < 4.78 is 16.5. The van der Waals surface area contributed by atoms with Crippen molar-refractivity contribution in [2.75, 3.05) is 26.4 Å². The van der Waals surface area contributed by atoms with Crippen molar-refractivity contribution in [3.05, 3.63) is 24.2 Å². The highest BCUT2D eigenvalue weighted by atomic mass is 16.5. The molecule has 0 aromatic carbocycles. The third-order valence-electron chi connectivity index (χ3n) is 3.69. The molecular weight excluding hydrogens is 254 g/mol. The Bertz CT molecular complexity index is 334. The molecule has 4 heteroatoms. The molecule has 0 spiro atoms. The van der Waals surface area contributed by atoms with Crippen molar-refractivity contribution in [2.45, 2.75) is 51.2 Å². The molecule has 1 aliphatic rings. The molecule has 1 aromatic rings. The molecule has 1 N–H and O–H groups in total. The van der Waals surface area contributed by atoms with Crippen LogP contribution in [0.3, 0.4) is 0 Å².